The Bertz CT molecular complexity index is 1120. The normalized spacial score (nSPS) is 15.0. The molecule has 1 aromatic carbocycles. The van der Waals surface area contributed by atoms with Crippen LogP contribution in [0.5, 0.6) is 0 Å². The van der Waals surface area contributed by atoms with E-state index in [4.69, 9.17) is 0 Å². The molecule has 0 radical (unpaired) electrons. The van der Waals surface area contributed by atoms with Crippen molar-refractivity contribution < 1.29 is 18.0 Å². The van der Waals surface area contributed by atoms with Gasteiger partial charge < -0.3 is 5.32 Å². The molecule has 162 valence electrons. The van der Waals surface area contributed by atoms with Gasteiger partial charge in [-0.15, -0.1) is 5.10 Å². The highest BCUT2D eigenvalue weighted by atomic mass is 79.9. The van der Waals surface area contributed by atoms with Crippen molar-refractivity contribution in [3.05, 3.63) is 63.4 Å². The van der Waals surface area contributed by atoms with E-state index in [9.17, 15) is 18.0 Å². The van der Waals surface area contributed by atoms with Gasteiger partial charge >= 0.3 is 6.18 Å². The standard InChI is InChI=1S/C20H18BrF3N6O/c1-10(17-28-11(2)30(29-17)19-25-8-16(21)9-26-19)27-18(31)14-5-13(12-3-4-12)6-15(7-14)20(22,23)24/h5-10,12H,3-4H2,1-2H3,(H,27,31). The summed E-state index contributed by atoms with van der Waals surface area (Å²) in [6, 6.07) is 2.90. The number of benzene rings is 1. The van der Waals surface area contributed by atoms with Gasteiger partial charge in [-0.2, -0.15) is 17.9 Å². The number of amides is 1. The molecule has 1 fully saturated rings. The van der Waals surface area contributed by atoms with Gasteiger partial charge in [-0.1, -0.05) is 0 Å². The van der Waals surface area contributed by atoms with Crippen molar-refractivity contribution in [2.24, 2.45) is 0 Å². The highest BCUT2D eigenvalue weighted by Gasteiger charge is 2.34. The minimum absolute atomic E-state index is 0.0315. The SMILES string of the molecule is Cc1nc(C(C)NC(=O)c2cc(C3CC3)cc(C(F)(F)F)c2)nn1-c1ncc(Br)cn1. The molecule has 2 aromatic heterocycles. The fourth-order valence-corrected chi connectivity index (χ4v) is 3.35. The van der Waals surface area contributed by atoms with Crippen molar-refractivity contribution in [2.75, 3.05) is 0 Å². The van der Waals surface area contributed by atoms with Crippen molar-refractivity contribution in [1.82, 2.24) is 30.0 Å². The first-order valence-corrected chi connectivity index (χ1v) is 10.4. The van der Waals surface area contributed by atoms with Gasteiger partial charge in [0.15, 0.2) is 5.82 Å². The number of alkyl halides is 3. The summed E-state index contributed by atoms with van der Waals surface area (Å²) in [4.78, 5) is 25.4. The maximum atomic E-state index is 13.3. The summed E-state index contributed by atoms with van der Waals surface area (Å²) in [5, 5.41) is 7.03. The lowest BCUT2D eigenvalue weighted by Crippen LogP contribution is -2.28. The number of carbonyl (C=O) groups is 1. The van der Waals surface area contributed by atoms with Gasteiger partial charge in [-0.05, 0) is 72.3 Å². The summed E-state index contributed by atoms with van der Waals surface area (Å²) in [6.07, 6.45) is 0.279. The molecule has 0 aliphatic heterocycles. The number of hydrogen-bond acceptors (Lipinski definition) is 5. The quantitative estimate of drug-likeness (QED) is 0.563. The van der Waals surface area contributed by atoms with Gasteiger partial charge in [0.2, 0.25) is 0 Å². The first-order chi connectivity index (χ1) is 14.6. The minimum atomic E-state index is -4.52. The Morgan fingerprint density at radius 3 is 2.52 bits per heavy atom. The Hall–Kier alpha value is -2.82. The van der Waals surface area contributed by atoms with E-state index in [0.29, 0.717) is 27.6 Å². The van der Waals surface area contributed by atoms with Crippen molar-refractivity contribution in [1.29, 1.82) is 0 Å². The Labute approximate surface area is 184 Å². The average molecular weight is 495 g/mol. The third kappa shape index (κ3) is 4.76. The number of aromatic nitrogens is 5. The molecule has 7 nitrogen and oxygen atoms in total. The van der Waals surface area contributed by atoms with Crippen LogP contribution in [0.1, 0.15) is 64.9 Å². The Balaban J connectivity index is 1.56. The Kier molecular flexibility index (Phi) is 5.54. The van der Waals surface area contributed by atoms with Crippen LogP contribution in [0.4, 0.5) is 13.2 Å². The Morgan fingerprint density at radius 1 is 1.23 bits per heavy atom. The fourth-order valence-electron chi connectivity index (χ4n) is 3.14. The molecule has 1 N–H and O–H groups in total. The number of aryl methyl sites for hydroxylation is 1. The zero-order chi connectivity index (χ0) is 22.3. The first kappa shape index (κ1) is 21.4. The highest BCUT2D eigenvalue weighted by molar-refractivity contribution is 9.10. The van der Waals surface area contributed by atoms with Crippen LogP contribution in [0.2, 0.25) is 0 Å². The topological polar surface area (TPSA) is 85.6 Å². The summed E-state index contributed by atoms with van der Waals surface area (Å²) in [5.74, 6) is 0.580. The van der Waals surface area contributed by atoms with E-state index in [0.717, 1.165) is 25.0 Å². The molecule has 0 bridgehead atoms. The third-order valence-corrected chi connectivity index (χ3v) is 5.32. The van der Waals surface area contributed by atoms with E-state index in [2.05, 4.69) is 41.3 Å². The molecule has 0 saturated heterocycles. The summed E-state index contributed by atoms with van der Waals surface area (Å²) in [6.45, 7) is 3.38. The molecule has 2 heterocycles. The van der Waals surface area contributed by atoms with Crippen LogP contribution in [-0.2, 0) is 6.18 Å². The maximum Gasteiger partial charge on any atom is 0.416 e. The van der Waals surface area contributed by atoms with Gasteiger partial charge in [0.25, 0.3) is 11.9 Å². The van der Waals surface area contributed by atoms with Gasteiger partial charge in [0.1, 0.15) is 5.82 Å². The summed E-state index contributed by atoms with van der Waals surface area (Å²) >= 11 is 3.26. The molecular formula is C20H18BrF3N6O. The van der Waals surface area contributed by atoms with Crippen LogP contribution in [0.3, 0.4) is 0 Å². The number of nitrogens with zero attached hydrogens (tertiary/aromatic N) is 5. The predicted molar refractivity (Wildman–Crippen MR) is 109 cm³/mol. The molecule has 31 heavy (non-hydrogen) atoms. The minimum Gasteiger partial charge on any atom is -0.342 e. The van der Waals surface area contributed by atoms with Crippen LogP contribution in [0, 0.1) is 6.92 Å². The molecule has 4 rings (SSSR count). The average Bonchev–Trinajstić information content (AvgIpc) is 3.49. The molecule has 1 aliphatic rings. The molecule has 1 amide bonds. The van der Waals surface area contributed by atoms with Gasteiger partial charge in [-0.3, -0.25) is 4.79 Å². The van der Waals surface area contributed by atoms with Crippen LogP contribution >= 0.6 is 15.9 Å². The summed E-state index contributed by atoms with van der Waals surface area (Å²) < 4.78 is 42.0. The van der Waals surface area contributed by atoms with Crippen molar-refractivity contribution in [3.63, 3.8) is 0 Å². The lowest BCUT2D eigenvalue weighted by Gasteiger charge is -2.14. The lowest BCUT2D eigenvalue weighted by molar-refractivity contribution is -0.137. The molecule has 1 aliphatic carbocycles. The number of hydrogen-bond donors (Lipinski definition) is 1. The van der Waals surface area contributed by atoms with Gasteiger partial charge in [0, 0.05) is 18.0 Å². The number of carbonyl (C=O) groups excluding carboxylic acids is 1. The van der Waals surface area contributed by atoms with E-state index in [1.165, 1.54) is 10.7 Å². The second-order valence-electron chi connectivity index (χ2n) is 7.44. The van der Waals surface area contributed by atoms with Crippen LogP contribution < -0.4 is 5.32 Å². The number of halogens is 4. The summed E-state index contributed by atoms with van der Waals surface area (Å²) in [7, 11) is 0. The third-order valence-electron chi connectivity index (χ3n) is 4.91. The van der Waals surface area contributed by atoms with Crippen LogP contribution in [-0.4, -0.2) is 30.6 Å². The van der Waals surface area contributed by atoms with Crippen LogP contribution in [0.25, 0.3) is 5.95 Å². The second kappa shape index (κ2) is 8.03. The number of nitrogens with one attached hydrogen (secondary N) is 1. The van der Waals surface area contributed by atoms with E-state index in [1.807, 2.05) is 0 Å². The molecule has 1 unspecified atom stereocenters. The fraction of sp³-hybridized carbons (Fsp3) is 0.350. The van der Waals surface area contributed by atoms with E-state index >= 15 is 0 Å². The van der Waals surface area contributed by atoms with Crippen LogP contribution in [0.15, 0.2) is 35.1 Å². The monoisotopic (exact) mass is 494 g/mol. The zero-order valence-corrected chi connectivity index (χ0v) is 18.2. The van der Waals surface area contributed by atoms with Gasteiger partial charge in [-0.25, -0.2) is 15.0 Å². The molecule has 0 spiro atoms. The van der Waals surface area contributed by atoms with E-state index in [-0.39, 0.29) is 11.5 Å². The van der Waals surface area contributed by atoms with Gasteiger partial charge in [0.05, 0.1) is 16.1 Å². The first-order valence-electron chi connectivity index (χ1n) is 9.56. The summed E-state index contributed by atoms with van der Waals surface area (Å²) in [5.41, 5.74) is -0.311. The van der Waals surface area contributed by atoms with E-state index < -0.39 is 23.7 Å². The molecule has 1 saturated carbocycles. The molecule has 1 atom stereocenters. The lowest BCUT2D eigenvalue weighted by atomic mass is 10.0. The predicted octanol–water partition coefficient (Wildman–Crippen LogP) is 4.52. The highest BCUT2D eigenvalue weighted by Crippen LogP contribution is 2.42. The zero-order valence-electron chi connectivity index (χ0n) is 16.6. The number of rotatable bonds is 5. The maximum absolute atomic E-state index is 13.3. The van der Waals surface area contributed by atoms with Crippen molar-refractivity contribution >= 4 is 21.8 Å². The van der Waals surface area contributed by atoms with E-state index in [1.54, 1.807) is 26.2 Å². The second-order valence-corrected chi connectivity index (χ2v) is 8.36. The van der Waals surface area contributed by atoms with Crippen molar-refractivity contribution in [2.45, 2.75) is 44.8 Å². The molecular weight excluding hydrogens is 477 g/mol. The van der Waals surface area contributed by atoms with Crippen molar-refractivity contribution in [3.8, 4) is 5.95 Å². The Morgan fingerprint density at radius 2 is 1.90 bits per heavy atom. The largest absolute Gasteiger partial charge is 0.416 e. The smallest absolute Gasteiger partial charge is 0.342 e. The molecule has 11 heteroatoms. The molecule has 3 aromatic rings.